The van der Waals surface area contributed by atoms with Gasteiger partial charge in [0.1, 0.15) is 24.5 Å². The fourth-order valence-electron chi connectivity index (χ4n) is 4.40. The van der Waals surface area contributed by atoms with Crippen molar-refractivity contribution in [3.63, 3.8) is 0 Å². The molecule has 2 aromatic carbocycles. The quantitative estimate of drug-likeness (QED) is 0.395. The third-order valence-electron chi connectivity index (χ3n) is 6.09. The summed E-state index contributed by atoms with van der Waals surface area (Å²) in [5, 5.41) is 9.51. The van der Waals surface area contributed by atoms with E-state index in [1.165, 1.54) is 35.0 Å². The maximum absolute atomic E-state index is 14.8. The minimum atomic E-state index is -1.54. The Hall–Kier alpha value is -4.19. The number of alkyl halides is 1. The maximum Gasteiger partial charge on any atom is 0.341 e. The molecule has 0 aliphatic carbocycles. The minimum Gasteiger partial charge on any atom is -0.482 e. The van der Waals surface area contributed by atoms with Crippen LogP contribution in [0.2, 0.25) is 5.02 Å². The SMILES string of the molecule is NC(=O)c1cn(CC(=O)N2C[C@H](F)C[C@H]2C(=O)N(F)Cc2cccc(Cl)c2)c2cc(OCC(=O)O)ccc12. The molecule has 3 N–H and O–H groups in total. The zero-order valence-corrected chi connectivity index (χ0v) is 20.6. The van der Waals surface area contributed by atoms with Gasteiger partial charge in [-0.15, -0.1) is 0 Å². The first-order valence-electron chi connectivity index (χ1n) is 11.5. The van der Waals surface area contributed by atoms with Gasteiger partial charge in [-0.1, -0.05) is 28.2 Å². The monoisotopic (exact) mass is 548 g/mol. The van der Waals surface area contributed by atoms with Gasteiger partial charge in [-0.3, -0.25) is 14.4 Å². The molecule has 1 aliphatic rings. The van der Waals surface area contributed by atoms with Crippen LogP contribution >= 0.6 is 11.6 Å². The van der Waals surface area contributed by atoms with Gasteiger partial charge >= 0.3 is 5.97 Å². The average Bonchev–Trinajstić information content (AvgIpc) is 3.42. The van der Waals surface area contributed by atoms with Gasteiger partial charge in [0.05, 0.1) is 24.2 Å². The van der Waals surface area contributed by atoms with Crippen molar-refractivity contribution >= 4 is 46.2 Å². The van der Waals surface area contributed by atoms with Crippen molar-refractivity contribution in [1.82, 2.24) is 14.6 Å². The first-order valence-corrected chi connectivity index (χ1v) is 11.8. The Balaban J connectivity index is 1.56. The lowest BCUT2D eigenvalue weighted by molar-refractivity contribution is -0.156. The summed E-state index contributed by atoms with van der Waals surface area (Å²) in [5.74, 6) is -3.57. The summed E-state index contributed by atoms with van der Waals surface area (Å²) in [5.41, 5.74) is 6.29. The largest absolute Gasteiger partial charge is 0.482 e. The van der Waals surface area contributed by atoms with Gasteiger partial charge in [0, 0.05) is 29.1 Å². The Morgan fingerprint density at radius 3 is 2.63 bits per heavy atom. The number of nitrogens with two attached hydrogens (primary N) is 1. The van der Waals surface area contributed by atoms with Crippen molar-refractivity contribution in [1.29, 1.82) is 0 Å². The lowest BCUT2D eigenvalue weighted by atomic mass is 10.1. The molecule has 1 aromatic heterocycles. The molecule has 10 nitrogen and oxygen atoms in total. The molecule has 0 bridgehead atoms. The van der Waals surface area contributed by atoms with Crippen molar-refractivity contribution in [3.05, 3.63) is 64.8 Å². The second-order valence-electron chi connectivity index (χ2n) is 8.78. The summed E-state index contributed by atoms with van der Waals surface area (Å²) in [6, 6.07) is 9.24. The fourth-order valence-corrected chi connectivity index (χ4v) is 4.61. The molecule has 1 saturated heterocycles. The molecule has 3 amide bonds. The molecule has 38 heavy (non-hydrogen) atoms. The summed E-state index contributed by atoms with van der Waals surface area (Å²) in [7, 11) is 0. The van der Waals surface area contributed by atoms with Gasteiger partial charge in [-0.25, -0.2) is 9.18 Å². The lowest BCUT2D eigenvalue weighted by Gasteiger charge is -2.26. The van der Waals surface area contributed by atoms with Crippen molar-refractivity contribution in [3.8, 4) is 5.75 Å². The van der Waals surface area contributed by atoms with Gasteiger partial charge in [0.15, 0.2) is 6.61 Å². The number of carbonyl (C=O) groups excluding carboxylic acids is 3. The van der Waals surface area contributed by atoms with Crippen LogP contribution in [0, 0.1) is 0 Å². The lowest BCUT2D eigenvalue weighted by Crippen LogP contribution is -2.46. The zero-order chi connectivity index (χ0) is 27.6. The number of halogens is 3. The van der Waals surface area contributed by atoms with Gasteiger partial charge in [-0.05, 0) is 29.8 Å². The van der Waals surface area contributed by atoms with Gasteiger partial charge in [0.25, 0.3) is 11.8 Å². The zero-order valence-electron chi connectivity index (χ0n) is 19.9. The van der Waals surface area contributed by atoms with E-state index in [0.717, 1.165) is 4.90 Å². The number of carboxylic acid groups (broad SMARTS) is 1. The number of carbonyl (C=O) groups is 4. The molecule has 200 valence electrons. The molecule has 3 aromatic rings. The van der Waals surface area contributed by atoms with Crippen LogP contribution in [-0.2, 0) is 27.5 Å². The number of likely N-dealkylation sites (tertiary alicyclic amines) is 1. The van der Waals surface area contributed by atoms with Gasteiger partial charge < -0.3 is 25.0 Å². The Morgan fingerprint density at radius 1 is 1.18 bits per heavy atom. The molecule has 2 atom stereocenters. The molecule has 2 heterocycles. The van der Waals surface area contributed by atoms with Crippen LogP contribution in [-0.4, -0.2) is 68.8 Å². The molecule has 0 unspecified atom stereocenters. The third-order valence-corrected chi connectivity index (χ3v) is 6.33. The van der Waals surface area contributed by atoms with Crippen molar-refractivity contribution < 1.29 is 37.9 Å². The average molecular weight is 549 g/mol. The van der Waals surface area contributed by atoms with E-state index in [1.54, 1.807) is 18.2 Å². The molecular formula is C25H23ClF2N4O6. The molecular weight excluding hydrogens is 526 g/mol. The van der Waals surface area contributed by atoms with Crippen LogP contribution in [0.5, 0.6) is 5.75 Å². The number of benzene rings is 2. The van der Waals surface area contributed by atoms with Crippen molar-refractivity contribution in [2.45, 2.75) is 31.7 Å². The topological polar surface area (TPSA) is 135 Å². The second-order valence-corrected chi connectivity index (χ2v) is 9.22. The highest BCUT2D eigenvalue weighted by molar-refractivity contribution is 6.30. The van der Waals surface area contributed by atoms with E-state index < -0.39 is 62.1 Å². The number of aromatic nitrogens is 1. The molecule has 0 saturated carbocycles. The molecule has 1 fully saturated rings. The van der Waals surface area contributed by atoms with E-state index in [2.05, 4.69) is 0 Å². The number of fused-ring (bicyclic) bond motifs is 1. The smallest absolute Gasteiger partial charge is 0.341 e. The van der Waals surface area contributed by atoms with E-state index in [9.17, 15) is 28.0 Å². The van der Waals surface area contributed by atoms with E-state index in [0.29, 0.717) is 21.5 Å². The second kappa shape index (κ2) is 11.1. The number of carboxylic acids is 1. The van der Waals surface area contributed by atoms with Crippen molar-refractivity contribution in [2.75, 3.05) is 13.2 Å². The number of nitrogens with zero attached hydrogens (tertiary/aromatic N) is 3. The van der Waals surface area contributed by atoms with Crippen LogP contribution in [0.3, 0.4) is 0 Å². The highest BCUT2D eigenvalue weighted by atomic mass is 35.5. The fraction of sp³-hybridized carbons (Fsp3) is 0.280. The number of primary amides is 1. The van der Waals surface area contributed by atoms with Crippen LogP contribution in [0.1, 0.15) is 22.3 Å². The Morgan fingerprint density at radius 2 is 1.95 bits per heavy atom. The van der Waals surface area contributed by atoms with Crippen molar-refractivity contribution in [2.24, 2.45) is 5.73 Å². The minimum absolute atomic E-state index is 0.0725. The summed E-state index contributed by atoms with van der Waals surface area (Å²) in [6.07, 6.45) is -0.579. The molecule has 13 heteroatoms. The highest BCUT2D eigenvalue weighted by Crippen LogP contribution is 2.28. The normalized spacial score (nSPS) is 17.0. The molecule has 1 aliphatic heterocycles. The van der Waals surface area contributed by atoms with Crippen LogP contribution in [0.4, 0.5) is 8.87 Å². The third kappa shape index (κ3) is 5.86. The Kier molecular flexibility index (Phi) is 7.81. The number of hydrogen-bond donors (Lipinski definition) is 2. The van der Waals surface area contributed by atoms with Crippen LogP contribution < -0.4 is 10.5 Å². The summed E-state index contributed by atoms with van der Waals surface area (Å²) in [4.78, 5) is 49.8. The number of hydrogen-bond acceptors (Lipinski definition) is 5. The predicted molar refractivity (Wildman–Crippen MR) is 132 cm³/mol. The Bertz CT molecular complexity index is 1410. The maximum atomic E-state index is 14.8. The van der Waals surface area contributed by atoms with E-state index in [1.807, 2.05) is 0 Å². The predicted octanol–water partition coefficient (Wildman–Crippen LogP) is 2.71. The number of aliphatic carboxylic acids is 1. The molecule has 4 rings (SSSR count). The van der Waals surface area contributed by atoms with E-state index in [-0.39, 0.29) is 22.9 Å². The number of ether oxygens (including phenoxy) is 1. The first-order chi connectivity index (χ1) is 18.0. The molecule has 0 spiro atoms. The van der Waals surface area contributed by atoms with Crippen LogP contribution in [0.15, 0.2) is 48.7 Å². The van der Waals surface area contributed by atoms with Gasteiger partial charge in [0.2, 0.25) is 5.91 Å². The summed E-state index contributed by atoms with van der Waals surface area (Å²) < 4.78 is 35.7. The first kappa shape index (κ1) is 26.9. The summed E-state index contributed by atoms with van der Waals surface area (Å²) >= 11 is 5.91. The Labute approximate surface area is 220 Å². The molecule has 0 radical (unpaired) electrons. The van der Waals surface area contributed by atoms with Gasteiger partial charge in [-0.2, -0.15) is 5.12 Å². The standard InChI is InChI=1S/C25H23ClF2N4O6/c26-15-3-1-2-14(6-15)9-32(28)25(37)21-7-16(27)10-31(21)22(33)12-30-11-19(24(29)36)18-5-4-17(8-20(18)30)38-13-23(34)35/h1-6,8,11,16,21H,7,9-10,12-13H2,(H2,29,36)(H,34,35)/t16-,21+/m1/s1. The summed E-state index contributed by atoms with van der Waals surface area (Å²) in [6.45, 7) is -1.88. The van der Waals surface area contributed by atoms with E-state index >= 15 is 0 Å². The number of rotatable bonds is 9. The highest BCUT2D eigenvalue weighted by Gasteiger charge is 2.42. The van der Waals surface area contributed by atoms with Crippen LogP contribution in [0.25, 0.3) is 10.9 Å². The number of amides is 3. The van der Waals surface area contributed by atoms with E-state index in [4.69, 9.17) is 27.2 Å².